The van der Waals surface area contributed by atoms with Crippen LogP contribution in [0.15, 0.2) is 12.2 Å². The molecule has 0 aliphatic carbocycles. The van der Waals surface area contributed by atoms with Gasteiger partial charge in [-0.1, -0.05) is 136 Å². The molecule has 21 heteroatoms. The molecule has 0 bridgehead atoms. The monoisotopic (exact) mass is 1240 g/mol. The predicted molar refractivity (Wildman–Crippen MR) is 349 cm³/mol. The van der Waals surface area contributed by atoms with Crippen molar-refractivity contribution in [2.45, 2.75) is 257 Å². The number of ketones is 1. The molecule has 21 nitrogen and oxygen atoms in total. The smallest absolute Gasteiger partial charge is 0.246 e. The van der Waals surface area contributed by atoms with Crippen LogP contribution in [0.25, 0.3) is 0 Å². The summed E-state index contributed by atoms with van der Waals surface area (Å²) in [6.45, 7) is 38.4. The average Bonchev–Trinajstić information content (AvgIpc) is 3.16. The Kier molecular flexibility index (Phi) is 36.0. The number of likely N-dealkylation sites (N-methyl/N-ethyl adjacent to an activating group) is 6. The highest BCUT2D eigenvalue weighted by molar-refractivity contribution is 5.99. The van der Waals surface area contributed by atoms with E-state index in [1.54, 1.807) is 41.9 Å². The van der Waals surface area contributed by atoms with Crippen LogP contribution in [-0.4, -0.2) is 197 Å². The molecule has 0 fully saturated rings. The molecule has 0 aliphatic heterocycles. The molecule has 4 N–H and O–H groups in total. The van der Waals surface area contributed by atoms with Crippen molar-refractivity contribution in [2.75, 3.05) is 42.3 Å². The number of carbonyl (C=O) groups is 11. The van der Waals surface area contributed by atoms with Crippen LogP contribution in [0.4, 0.5) is 0 Å². The molecule has 13 atom stereocenters. The van der Waals surface area contributed by atoms with Crippen LogP contribution in [0.1, 0.15) is 197 Å². The standard InChI is InChI=1S/C67H122N10O11/c1-28-31-33-44(16)46(18)57(77(27)67(88)56(43(14)15)76(26)65(86)54(37-41(10)11)74(24)62(83)45(17)34-38(4)5)61(82)70-50(30-3)63(84)75(25)53(36-40(8)9)64(85)73(23)52(35-39(6)7)60(81)71-55(42(12)13)66(87)72(22)51(32-29-2)59(80)69-48(20)58(79)68-47(19)49(21)78/h28,31,38-48,50-57H,29-30,32-37H2,1-27H3,(H,68,79)(H,69,80)(H,70,82)(H,71,81)/b31-28+/t44-,45-,46?,47-,48+,50+,51+,52+,53?,54+,55+,56+,57+/m1/s1. The number of hydrogen-bond acceptors (Lipinski definition) is 11. The zero-order valence-corrected chi connectivity index (χ0v) is 59.5. The fraction of sp³-hybridized carbons (Fsp3) is 0.806. The quantitative estimate of drug-likeness (QED) is 0.0454. The minimum Gasteiger partial charge on any atom is -0.345 e. The van der Waals surface area contributed by atoms with Gasteiger partial charge in [0.25, 0.3) is 0 Å². The van der Waals surface area contributed by atoms with Gasteiger partial charge in [-0.15, -0.1) is 0 Å². The molecule has 10 amide bonds. The molecule has 0 rings (SSSR count). The lowest BCUT2D eigenvalue weighted by molar-refractivity contribution is -0.155. The van der Waals surface area contributed by atoms with E-state index in [2.05, 4.69) is 21.3 Å². The normalized spacial score (nSPS) is 16.3. The molecule has 0 radical (unpaired) electrons. The van der Waals surface area contributed by atoms with Gasteiger partial charge in [-0.3, -0.25) is 52.7 Å². The highest BCUT2D eigenvalue weighted by Crippen LogP contribution is 2.28. The number of hydrogen-bond donors (Lipinski definition) is 4. The number of nitrogens with zero attached hydrogens (tertiary/aromatic N) is 6. The van der Waals surface area contributed by atoms with E-state index in [1.165, 1.54) is 71.3 Å². The summed E-state index contributed by atoms with van der Waals surface area (Å²) in [7, 11) is 9.22. The van der Waals surface area contributed by atoms with Gasteiger partial charge in [-0.2, -0.15) is 0 Å². The minimum atomic E-state index is -1.17. The second kappa shape index (κ2) is 38.6. The van der Waals surface area contributed by atoms with E-state index in [0.717, 1.165) is 0 Å². The predicted octanol–water partition coefficient (Wildman–Crippen LogP) is 7.10. The number of rotatable bonds is 38. The number of carbonyl (C=O) groups excluding carboxylic acids is 11. The van der Waals surface area contributed by atoms with Crippen LogP contribution in [0.2, 0.25) is 0 Å². The summed E-state index contributed by atoms with van der Waals surface area (Å²) >= 11 is 0. The van der Waals surface area contributed by atoms with Crippen LogP contribution >= 0.6 is 0 Å². The first-order valence-corrected chi connectivity index (χ1v) is 32.5. The van der Waals surface area contributed by atoms with Crippen LogP contribution in [0, 0.1) is 53.3 Å². The summed E-state index contributed by atoms with van der Waals surface area (Å²) in [6, 6.07) is -10.4. The van der Waals surface area contributed by atoms with Crippen molar-refractivity contribution in [2.24, 2.45) is 53.3 Å². The summed E-state index contributed by atoms with van der Waals surface area (Å²) in [5, 5.41) is 11.1. The average molecular weight is 1240 g/mol. The fourth-order valence-electron chi connectivity index (χ4n) is 11.3. The van der Waals surface area contributed by atoms with Gasteiger partial charge in [-0.05, 0) is 120 Å². The van der Waals surface area contributed by atoms with Gasteiger partial charge in [0.1, 0.15) is 54.4 Å². The SMILES string of the molecule is C/C=C/C[C@@H](C)C(C)[C@@H](C(=O)N[C@@H](CC)C(=O)N(C)C(CC(C)C)C(=O)N(C)[C@@H](CC(C)C)C(=O)N[C@H](C(=O)N(C)[C@@H](CCC)C(=O)N[C@@H](C)C(=O)N[C@H](C)C(C)=O)C(C)C)N(C)C(=O)[C@H](C(C)C)N(C)C(=O)[C@H](CC(C)C)N(C)C(=O)[C@H](C)CC(C)C. The number of nitrogens with one attached hydrogen (secondary N) is 4. The zero-order chi connectivity index (χ0) is 68.7. The molecule has 0 heterocycles. The number of allylic oxidation sites excluding steroid dienone is 2. The Morgan fingerprint density at radius 1 is 0.409 bits per heavy atom. The van der Waals surface area contributed by atoms with Crippen molar-refractivity contribution >= 4 is 64.9 Å². The largest absolute Gasteiger partial charge is 0.345 e. The molecule has 88 heavy (non-hydrogen) atoms. The summed E-state index contributed by atoms with van der Waals surface area (Å²) in [5.74, 6) is -7.15. The maximum absolute atomic E-state index is 15.2. The van der Waals surface area contributed by atoms with Crippen molar-refractivity contribution in [3.8, 4) is 0 Å². The van der Waals surface area contributed by atoms with Crippen molar-refractivity contribution in [3.05, 3.63) is 12.2 Å². The third-order valence-corrected chi connectivity index (χ3v) is 17.1. The highest BCUT2D eigenvalue weighted by atomic mass is 16.2. The number of Topliss-reactive ketones (excluding diaryl/α,β-unsaturated/α-hetero) is 1. The lowest BCUT2D eigenvalue weighted by Crippen LogP contribution is -2.62. The molecule has 0 saturated carbocycles. The van der Waals surface area contributed by atoms with Gasteiger partial charge < -0.3 is 50.7 Å². The Morgan fingerprint density at radius 3 is 1.26 bits per heavy atom. The van der Waals surface area contributed by atoms with E-state index in [9.17, 15) is 38.4 Å². The van der Waals surface area contributed by atoms with E-state index in [0.29, 0.717) is 25.7 Å². The Hall–Kier alpha value is -5.89. The van der Waals surface area contributed by atoms with Crippen molar-refractivity contribution in [1.29, 1.82) is 0 Å². The molecule has 0 spiro atoms. The van der Waals surface area contributed by atoms with Gasteiger partial charge in [0.05, 0.1) is 6.04 Å². The van der Waals surface area contributed by atoms with E-state index in [-0.39, 0.29) is 78.8 Å². The minimum absolute atomic E-state index is 0.0387. The van der Waals surface area contributed by atoms with E-state index in [4.69, 9.17) is 0 Å². The van der Waals surface area contributed by atoms with E-state index < -0.39 is 125 Å². The van der Waals surface area contributed by atoms with E-state index in [1.807, 2.05) is 116 Å². The third-order valence-electron chi connectivity index (χ3n) is 17.1. The second-order valence-corrected chi connectivity index (χ2v) is 27.5. The van der Waals surface area contributed by atoms with Crippen LogP contribution in [0.3, 0.4) is 0 Å². The highest BCUT2D eigenvalue weighted by Gasteiger charge is 2.45. The molecule has 506 valence electrons. The second-order valence-electron chi connectivity index (χ2n) is 27.5. The first-order valence-electron chi connectivity index (χ1n) is 32.5. The Bertz CT molecular complexity index is 2340. The van der Waals surface area contributed by atoms with Gasteiger partial charge in [0.15, 0.2) is 5.78 Å². The van der Waals surface area contributed by atoms with Gasteiger partial charge in [0, 0.05) is 48.2 Å². The lowest BCUT2D eigenvalue weighted by Gasteiger charge is -2.41. The summed E-state index contributed by atoms with van der Waals surface area (Å²) in [5.41, 5.74) is 0. The molecule has 0 aromatic heterocycles. The Labute approximate surface area is 531 Å². The molecule has 0 aliphatic rings. The van der Waals surface area contributed by atoms with Crippen molar-refractivity contribution in [1.82, 2.24) is 50.7 Å². The molecule has 0 saturated heterocycles. The zero-order valence-electron chi connectivity index (χ0n) is 59.5. The maximum atomic E-state index is 15.2. The van der Waals surface area contributed by atoms with Crippen molar-refractivity contribution in [3.63, 3.8) is 0 Å². The summed E-state index contributed by atoms with van der Waals surface area (Å²) < 4.78 is 0. The number of amides is 10. The summed E-state index contributed by atoms with van der Waals surface area (Å²) in [6.07, 6.45) is 6.71. The molecule has 0 aromatic carbocycles. The molecule has 2 unspecified atom stereocenters. The van der Waals surface area contributed by atoms with E-state index >= 15 is 14.4 Å². The van der Waals surface area contributed by atoms with Crippen molar-refractivity contribution < 1.29 is 52.7 Å². The van der Waals surface area contributed by atoms with Gasteiger partial charge in [0.2, 0.25) is 59.1 Å². The fourth-order valence-corrected chi connectivity index (χ4v) is 11.3. The Balaban J connectivity index is 7.33. The van der Waals surface area contributed by atoms with Crippen LogP contribution in [-0.2, 0) is 52.7 Å². The maximum Gasteiger partial charge on any atom is 0.246 e. The summed E-state index contributed by atoms with van der Waals surface area (Å²) in [4.78, 5) is 165. The van der Waals surface area contributed by atoms with Gasteiger partial charge >= 0.3 is 0 Å². The Morgan fingerprint density at radius 2 is 0.830 bits per heavy atom. The third kappa shape index (κ3) is 24.5. The first-order chi connectivity index (χ1) is 40.6. The lowest BCUT2D eigenvalue weighted by atomic mass is 9.84. The molecular formula is C67H122N10O11. The molecule has 0 aromatic rings. The van der Waals surface area contributed by atoms with Crippen LogP contribution < -0.4 is 21.3 Å². The van der Waals surface area contributed by atoms with Crippen LogP contribution in [0.5, 0.6) is 0 Å². The first kappa shape index (κ1) is 82.1. The molecular weight excluding hydrogens is 1120 g/mol. The van der Waals surface area contributed by atoms with Gasteiger partial charge in [-0.25, -0.2) is 0 Å². The topological polar surface area (TPSA) is 255 Å².